The molecule has 0 aliphatic heterocycles. The number of ether oxygens (including phenoxy) is 3. The van der Waals surface area contributed by atoms with Crippen LogP contribution in [0.4, 0.5) is 0 Å². The molecule has 0 saturated carbocycles. The Kier molecular flexibility index (Phi) is 11.9. The number of hydrogen-bond acceptors (Lipinski definition) is 5. The maximum atomic E-state index is 9.09. The molecule has 0 aromatic carbocycles. The lowest BCUT2D eigenvalue weighted by atomic mass is 9.97. The van der Waals surface area contributed by atoms with Gasteiger partial charge in [0.05, 0.1) is 32.5 Å². The SMILES string of the molecule is CCNC(C)(C#N)CCCCOCCOCCOC. The molecule has 5 nitrogen and oxygen atoms in total. The molecule has 112 valence electrons. The minimum absolute atomic E-state index is 0.405. The summed E-state index contributed by atoms with van der Waals surface area (Å²) in [6.07, 6.45) is 2.81. The van der Waals surface area contributed by atoms with E-state index in [1.807, 2.05) is 13.8 Å². The van der Waals surface area contributed by atoms with Gasteiger partial charge in [-0.1, -0.05) is 6.92 Å². The molecule has 0 heterocycles. The van der Waals surface area contributed by atoms with Crippen molar-refractivity contribution in [3.63, 3.8) is 0 Å². The van der Waals surface area contributed by atoms with Gasteiger partial charge in [-0.25, -0.2) is 0 Å². The van der Waals surface area contributed by atoms with Crippen LogP contribution >= 0.6 is 0 Å². The minimum Gasteiger partial charge on any atom is -0.382 e. The Bertz CT molecular complexity index is 243. The number of rotatable bonds is 13. The average molecular weight is 272 g/mol. The Labute approximate surface area is 117 Å². The first kappa shape index (κ1) is 18.3. The normalized spacial score (nSPS) is 14.0. The minimum atomic E-state index is -0.405. The monoisotopic (exact) mass is 272 g/mol. The molecule has 0 aliphatic carbocycles. The highest BCUT2D eigenvalue weighted by Crippen LogP contribution is 2.12. The number of unbranched alkanes of at least 4 members (excludes halogenated alkanes) is 1. The molecule has 0 aromatic rings. The second-order valence-electron chi connectivity index (χ2n) is 4.65. The zero-order valence-corrected chi connectivity index (χ0v) is 12.5. The van der Waals surface area contributed by atoms with E-state index in [0.29, 0.717) is 26.4 Å². The second-order valence-corrected chi connectivity index (χ2v) is 4.65. The second kappa shape index (κ2) is 12.4. The van der Waals surface area contributed by atoms with E-state index < -0.39 is 5.54 Å². The summed E-state index contributed by atoms with van der Waals surface area (Å²) in [5.41, 5.74) is -0.405. The third-order valence-electron chi connectivity index (χ3n) is 2.83. The molecular weight excluding hydrogens is 244 g/mol. The molecule has 1 N–H and O–H groups in total. The van der Waals surface area contributed by atoms with E-state index in [4.69, 9.17) is 19.5 Å². The van der Waals surface area contributed by atoms with Crippen LogP contribution in [0.15, 0.2) is 0 Å². The summed E-state index contributed by atoms with van der Waals surface area (Å²) in [5.74, 6) is 0. The molecule has 0 amide bonds. The fraction of sp³-hybridized carbons (Fsp3) is 0.929. The highest BCUT2D eigenvalue weighted by atomic mass is 16.5. The predicted octanol–water partition coefficient (Wildman–Crippen LogP) is 1.73. The molecule has 0 rings (SSSR count). The van der Waals surface area contributed by atoms with E-state index in [1.54, 1.807) is 7.11 Å². The smallest absolute Gasteiger partial charge is 0.103 e. The lowest BCUT2D eigenvalue weighted by Gasteiger charge is -2.22. The van der Waals surface area contributed by atoms with Crippen molar-refractivity contribution >= 4 is 0 Å². The van der Waals surface area contributed by atoms with Crippen molar-refractivity contribution < 1.29 is 14.2 Å². The molecule has 1 atom stereocenters. The third kappa shape index (κ3) is 10.9. The van der Waals surface area contributed by atoms with Crippen molar-refractivity contribution in [3.05, 3.63) is 0 Å². The Morgan fingerprint density at radius 3 is 2.26 bits per heavy atom. The number of nitriles is 1. The molecule has 0 saturated heterocycles. The molecule has 0 radical (unpaired) electrons. The molecule has 0 aliphatic rings. The average Bonchev–Trinajstić information content (AvgIpc) is 2.41. The van der Waals surface area contributed by atoms with Gasteiger partial charge in [0.2, 0.25) is 0 Å². The summed E-state index contributed by atoms with van der Waals surface area (Å²) in [4.78, 5) is 0. The Balaban J connectivity index is 3.33. The summed E-state index contributed by atoms with van der Waals surface area (Å²) in [6.45, 7) is 7.97. The summed E-state index contributed by atoms with van der Waals surface area (Å²) < 4.78 is 15.6. The largest absolute Gasteiger partial charge is 0.382 e. The number of nitrogens with zero attached hydrogens (tertiary/aromatic N) is 1. The number of hydrogen-bond donors (Lipinski definition) is 1. The van der Waals surface area contributed by atoms with Crippen LogP contribution in [0.5, 0.6) is 0 Å². The van der Waals surface area contributed by atoms with Gasteiger partial charge in [-0.2, -0.15) is 5.26 Å². The van der Waals surface area contributed by atoms with Gasteiger partial charge in [-0.3, -0.25) is 5.32 Å². The maximum Gasteiger partial charge on any atom is 0.103 e. The molecule has 0 spiro atoms. The van der Waals surface area contributed by atoms with E-state index in [0.717, 1.165) is 32.4 Å². The zero-order valence-electron chi connectivity index (χ0n) is 12.5. The van der Waals surface area contributed by atoms with Crippen LogP contribution in [-0.4, -0.2) is 52.2 Å². The van der Waals surface area contributed by atoms with E-state index in [-0.39, 0.29) is 0 Å². The molecule has 5 heteroatoms. The fourth-order valence-electron chi connectivity index (χ4n) is 1.72. The van der Waals surface area contributed by atoms with Gasteiger partial charge in [0.1, 0.15) is 5.54 Å². The highest BCUT2D eigenvalue weighted by molar-refractivity contribution is 5.03. The maximum absolute atomic E-state index is 9.09. The van der Waals surface area contributed by atoms with Crippen molar-refractivity contribution in [3.8, 4) is 6.07 Å². The van der Waals surface area contributed by atoms with Crippen molar-refractivity contribution in [2.24, 2.45) is 0 Å². The Hall–Kier alpha value is -0.670. The predicted molar refractivity (Wildman–Crippen MR) is 75.1 cm³/mol. The lowest BCUT2D eigenvalue weighted by Crippen LogP contribution is -2.40. The van der Waals surface area contributed by atoms with Gasteiger partial charge >= 0.3 is 0 Å². The molecule has 0 aromatic heterocycles. The highest BCUT2D eigenvalue weighted by Gasteiger charge is 2.20. The first-order valence-electron chi connectivity index (χ1n) is 6.99. The molecule has 19 heavy (non-hydrogen) atoms. The van der Waals surface area contributed by atoms with Crippen LogP contribution in [0.25, 0.3) is 0 Å². The van der Waals surface area contributed by atoms with Crippen LogP contribution in [0.1, 0.15) is 33.1 Å². The number of nitrogens with one attached hydrogen (secondary N) is 1. The van der Waals surface area contributed by atoms with E-state index >= 15 is 0 Å². The Morgan fingerprint density at radius 2 is 1.68 bits per heavy atom. The standard InChI is InChI=1S/C14H28N2O3/c1-4-16-14(2,13-15)7-5-6-8-18-11-12-19-10-9-17-3/h16H,4-12H2,1-3H3. The van der Waals surface area contributed by atoms with Crippen LogP contribution in [0.2, 0.25) is 0 Å². The van der Waals surface area contributed by atoms with Gasteiger partial charge in [0.25, 0.3) is 0 Å². The summed E-state index contributed by atoms with van der Waals surface area (Å²) >= 11 is 0. The van der Waals surface area contributed by atoms with Gasteiger partial charge in [0.15, 0.2) is 0 Å². The van der Waals surface area contributed by atoms with Gasteiger partial charge in [0, 0.05) is 13.7 Å². The van der Waals surface area contributed by atoms with Gasteiger partial charge < -0.3 is 14.2 Å². The van der Waals surface area contributed by atoms with Gasteiger partial charge in [-0.05, 0) is 32.7 Å². The first-order chi connectivity index (χ1) is 9.18. The van der Waals surface area contributed by atoms with Crippen LogP contribution < -0.4 is 5.32 Å². The van der Waals surface area contributed by atoms with Crippen molar-refractivity contribution in [2.75, 3.05) is 46.7 Å². The third-order valence-corrected chi connectivity index (χ3v) is 2.83. The van der Waals surface area contributed by atoms with Crippen molar-refractivity contribution in [1.29, 1.82) is 5.26 Å². The van der Waals surface area contributed by atoms with E-state index in [1.165, 1.54) is 0 Å². The lowest BCUT2D eigenvalue weighted by molar-refractivity contribution is 0.0238. The van der Waals surface area contributed by atoms with Crippen molar-refractivity contribution in [2.45, 2.75) is 38.6 Å². The van der Waals surface area contributed by atoms with E-state index in [2.05, 4.69) is 11.4 Å². The van der Waals surface area contributed by atoms with Crippen LogP contribution in [-0.2, 0) is 14.2 Å². The quantitative estimate of drug-likeness (QED) is 0.517. The first-order valence-corrected chi connectivity index (χ1v) is 6.99. The van der Waals surface area contributed by atoms with Crippen molar-refractivity contribution in [1.82, 2.24) is 5.32 Å². The topological polar surface area (TPSA) is 63.5 Å². The molecular formula is C14H28N2O3. The van der Waals surface area contributed by atoms with Crippen LogP contribution in [0.3, 0.4) is 0 Å². The van der Waals surface area contributed by atoms with E-state index in [9.17, 15) is 0 Å². The molecule has 0 fully saturated rings. The zero-order chi connectivity index (χ0) is 14.4. The Morgan fingerprint density at radius 1 is 1.05 bits per heavy atom. The molecule has 0 bridgehead atoms. The van der Waals surface area contributed by atoms with Crippen LogP contribution in [0, 0.1) is 11.3 Å². The summed E-state index contributed by atoms with van der Waals surface area (Å²) in [5, 5.41) is 12.3. The summed E-state index contributed by atoms with van der Waals surface area (Å²) in [6, 6.07) is 2.33. The summed E-state index contributed by atoms with van der Waals surface area (Å²) in [7, 11) is 1.66. The fourth-order valence-corrected chi connectivity index (χ4v) is 1.72. The van der Waals surface area contributed by atoms with Gasteiger partial charge in [-0.15, -0.1) is 0 Å². The molecule has 1 unspecified atom stereocenters. The number of methoxy groups -OCH3 is 1.